The van der Waals surface area contributed by atoms with Crippen LogP contribution in [0.15, 0.2) is 18.2 Å². The molecule has 1 saturated heterocycles. The third kappa shape index (κ3) is 3.29. The molecule has 0 aromatic heterocycles. The van der Waals surface area contributed by atoms with Gasteiger partial charge >= 0.3 is 5.97 Å². The summed E-state index contributed by atoms with van der Waals surface area (Å²) in [7, 11) is 0. The smallest absolute Gasteiger partial charge is 0.335 e. The Labute approximate surface area is 121 Å². The van der Waals surface area contributed by atoms with Crippen LogP contribution in [-0.4, -0.2) is 29.7 Å². The number of anilines is 1. The number of hydrogen-bond acceptors (Lipinski definition) is 3. The number of halogens is 1. The summed E-state index contributed by atoms with van der Waals surface area (Å²) in [5.74, 6) is -1.45. The maximum absolute atomic E-state index is 12.2. The van der Waals surface area contributed by atoms with Gasteiger partial charge in [0.05, 0.1) is 17.6 Å². The highest BCUT2D eigenvalue weighted by Crippen LogP contribution is 2.26. The standard InChI is InChI=1S/C14H16ClNO4/c1-2-12-11(3-4-20-12)13(17)16-10-6-8(14(18)19)5-9(15)7-10/h5-7,11-12H,2-4H2,1H3,(H,16,17)(H,18,19). The number of aromatic carboxylic acids is 1. The second-order valence-corrected chi connectivity index (χ2v) is 5.17. The molecule has 0 saturated carbocycles. The lowest BCUT2D eigenvalue weighted by atomic mass is 9.98. The molecule has 1 fully saturated rings. The van der Waals surface area contributed by atoms with Gasteiger partial charge in [-0.1, -0.05) is 18.5 Å². The highest BCUT2D eigenvalue weighted by molar-refractivity contribution is 6.31. The average Bonchev–Trinajstić information content (AvgIpc) is 2.86. The monoisotopic (exact) mass is 297 g/mol. The van der Waals surface area contributed by atoms with Crippen molar-refractivity contribution in [2.24, 2.45) is 5.92 Å². The number of nitrogens with one attached hydrogen (secondary N) is 1. The van der Waals surface area contributed by atoms with Crippen molar-refractivity contribution < 1.29 is 19.4 Å². The van der Waals surface area contributed by atoms with Gasteiger partial charge in [0.2, 0.25) is 5.91 Å². The second-order valence-electron chi connectivity index (χ2n) is 4.74. The zero-order valence-electron chi connectivity index (χ0n) is 11.1. The van der Waals surface area contributed by atoms with E-state index < -0.39 is 5.97 Å². The van der Waals surface area contributed by atoms with Crippen LogP contribution in [-0.2, 0) is 9.53 Å². The predicted octanol–water partition coefficient (Wildman–Crippen LogP) is 2.79. The number of carboxylic acids is 1. The highest BCUT2D eigenvalue weighted by atomic mass is 35.5. The molecule has 2 rings (SSSR count). The van der Waals surface area contributed by atoms with Crippen molar-refractivity contribution in [2.45, 2.75) is 25.9 Å². The van der Waals surface area contributed by atoms with Crippen LogP contribution in [0.2, 0.25) is 5.02 Å². The summed E-state index contributed by atoms with van der Waals surface area (Å²) in [5, 5.41) is 12.0. The van der Waals surface area contributed by atoms with E-state index in [0.29, 0.717) is 18.7 Å². The average molecular weight is 298 g/mol. The Bertz CT molecular complexity index is 532. The van der Waals surface area contributed by atoms with E-state index in [9.17, 15) is 9.59 Å². The molecule has 0 aliphatic carbocycles. The van der Waals surface area contributed by atoms with Gasteiger partial charge in [-0.05, 0) is 31.0 Å². The Kier molecular flexibility index (Phi) is 4.62. The summed E-state index contributed by atoms with van der Waals surface area (Å²) >= 11 is 5.85. The molecule has 2 unspecified atom stereocenters. The first-order chi connectivity index (χ1) is 9.51. The topological polar surface area (TPSA) is 75.6 Å². The Balaban J connectivity index is 2.13. The SMILES string of the molecule is CCC1OCCC1C(=O)Nc1cc(Cl)cc(C(=O)O)c1. The van der Waals surface area contributed by atoms with Gasteiger partial charge in [-0.2, -0.15) is 0 Å². The van der Waals surface area contributed by atoms with E-state index in [1.54, 1.807) is 0 Å². The van der Waals surface area contributed by atoms with Gasteiger partial charge < -0.3 is 15.2 Å². The van der Waals surface area contributed by atoms with Crippen molar-refractivity contribution in [3.8, 4) is 0 Å². The van der Waals surface area contributed by atoms with Crippen LogP contribution >= 0.6 is 11.6 Å². The molecule has 0 bridgehead atoms. The summed E-state index contributed by atoms with van der Waals surface area (Å²) in [4.78, 5) is 23.1. The summed E-state index contributed by atoms with van der Waals surface area (Å²) in [6.45, 7) is 2.55. The van der Waals surface area contributed by atoms with Crippen molar-refractivity contribution in [1.29, 1.82) is 0 Å². The third-order valence-corrected chi connectivity index (χ3v) is 3.58. The van der Waals surface area contributed by atoms with Gasteiger partial charge in [-0.3, -0.25) is 4.79 Å². The van der Waals surface area contributed by atoms with E-state index in [0.717, 1.165) is 6.42 Å². The van der Waals surface area contributed by atoms with Crippen LogP contribution in [0.5, 0.6) is 0 Å². The lowest BCUT2D eigenvalue weighted by Crippen LogP contribution is -2.29. The first-order valence-electron chi connectivity index (χ1n) is 6.47. The number of carboxylic acid groups (broad SMARTS) is 1. The molecule has 108 valence electrons. The summed E-state index contributed by atoms with van der Waals surface area (Å²) in [5.41, 5.74) is 0.434. The van der Waals surface area contributed by atoms with Gasteiger partial charge in [0.15, 0.2) is 0 Å². The quantitative estimate of drug-likeness (QED) is 0.896. The molecular formula is C14H16ClNO4. The molecule has 0 spiro atoms. The summed E-state index contributed by atoms with van der Waals surface area (Å²) in [6.07, 6.45) is 1.37. The predicted molar refractivity (Wildman–Crippen MR) is 75.2 cm³/mol. The Morgan fingerprint density at radius 3 is 2.85 bits per heavy atom. The second kappa shape index (κ2) is 6.24. The third-order valence-electron chi connectivity index (χ3n) is 3.36. The number of amides is 1. The van der Waals surface area contributed by atoms with Crippen LogP contribution in [0.4, 0.5) is 5.69 Å². The molecule has 2 atom stereocenters. The van der Waals surface area contributed by atoms with Crippen molar-refractivity contribution in [3.63, 3.8) is 0 Å². The normalized spacial score (nSPS) is 21.7. The molecule has 1 aliphatic rings. The van der Waals surface area contributed by atoms with Crippen LogP contribution in [0.1, 0.15) is 30.1 Å². The summed E-state index contributed by atoms with van der Waals surface area (Å²) < 4.78 is 5.48. The first-order valence-corrected chi connectivity index (χ1v) is 6.85. The van der Waals surface area contributed by atoms with Crippen LogP contribution in [0, 0.1) is 5.92 Å². The highest BCUT2D eigenvalue weighted by Gasteiger charge is 2.32. The van der Waals surface area contributed by atoms with Gasteiger partial charge in [0.1, 0.15) is 0 Å². The van der Waals surface area contributed by atoms with Crippen molar-refractivity contribution in [1.82, 2.24) is 0 Å². The molecule has 20 heavy (non-hydrogen) atoms. The number of ether oxygens (including phenoxy) is 1. The molecule has 1 amide bonds. The fourth-order valence-electron chi connectivity index (χ4n) is 2.37. The Morgan fingerprint density at radius 2 is 2.20 bits per heavy atom. The molecule has 1 aromatic carbocycles. The van der Waals surface area contributed by atoms with Crippen molar-refractivity contribution >= 4 is 29.2 Å². The van der Waals surface area contributed by atoms with E-state index in [1.165, 1.54) is 18.2 Å². The number of carbonyl (C=O) groups is 2. The minimum atomic E-state index is -1.08. The van der Waals surface area contributed by atoms with E-state index in [2.05, 4.69) is 5.32 Å². The Morgan fingerprint density at radius 1 is 1.45 bits per heavy atom. The van der Waals surface area contributed by atoms with Crippen LogP contribution < -0.4 is 5.32 Å². The zero-order valence-corrected chi connectivity index (χ0v) is 11.8. The zero-order chi connectivity index (χ0) is 14.7. The molecule has 5 nitrogen and oxygen atoms in total. The van der Waals surface area contributed by atoms with E-state index >= 15 is 0 Å². The van der Waals surface area contributed by atoms with E-state index in [-0.39, 0.29) is 28.5 Å². The van der Waals surface area contributed by atoms with Crippen molar-refractivity contribution in [3.05, 3.63) is 28.8 Å². The van der Waals surface area contributed by atoms with Gasteiger partial charge in [0.25, 0.3) is 0 Å². The molecule has 1 aromatic rings. The lowest BCUT2D eigenvalue weighted by molar-refractivity contribution is -0.121. The number of benzene rings is 1. The molecule has 2 N–H and O–H groups in total. The van der Waals surface area contributed by atoms with Gasteiger partial charge in [-0.25, -0.2) is 4.79 Å². The van der Waals surface area contributed by atoms with E-state index in [1.807, 2.05) is 6.92 Å². The van der Waals surface area contributed by atoms with Crippen molar-refractivity contribution in [2.75, 3.05) is 11.9 Å². The Hall–Kier alpha value is -1.59. The minimum absolute atomic E-state index is 0.0440. The van der Waals surface area contributed by atoms with Crippen LogP contribution in [0.3, 0.4) is 0 Å². The maximum atomic E-state index is 12.2. The molecule has 1 heterocycles. The summed E-state index contributed by atoms with van der Waals surface area (Å²) in [6, 6.07) is 4.26. The molecule has 6 heteroatoms. The molecule has 0 radical (unpaired) electrons. The van der Waals surface area contributed by atoms with Crippen LogP contribution in [0.25, 0.3) is 0 Å². The first kappa shape index (κ1) is 14.8. The fraction of sp³-hybridized carbons (Fsp3) is 0.429. The van der Waals surface area contributed by atoms with Gasteiger partial charge in [-0.15, -0.1) is 0 Å². The fourth-order valence-corrected chi connectivity index (χ4v) is 2.61. The van der Waals surface area contributed by atoms with E-state index in [4.69, 9.17) is 21.4 Å². The number of rotatable bonds is 4. The number of carbonyl (C=O) groups excluding carboxylic acids is 1. The number of hydrogen-bond donors (Lipinski definition) is 2. The molecular weight excluding hydrogens is 282 g/mol. The van der Waals surface area contributed by atoms with Gasteiger partial charge in [0, 0.05) is 17.3 Å². The largest absolute Gasteiger partial charge is 0.478 e. The molecule has 1 aliphatic heterocycles. The lowest BCUT2D eigenvalue weighted by Gasteiger charge is -2.16. The maximum Gasteiger partial charge on any atom is 0.335 e. The minimum Gasteiger partial charge on any atom is -0.478 e.